The minimum atomic E-state index is -2.40. The summed E-state index contributed by atoms with van der Waals surface area (Å²) < 4.78 is 7.75. The van der Waals surface area contributed by atoms with Crippen molar-refractivity contribution in [2.24, 2.45) is 5.92 Å². The first-order chi connectivity index (χ1) is 11.5. The Morgan fingerprint density at radius 2 is 1.67 bits per heavy atom. The average Bonchev–Trinajstić information content (AvgIpc) is 2.61. The molecule has 3 radical (unpaired) electrons. The van der Waals surface area contributed by atoms with Crippen LogP contribution in [0, 0.1) is 5.92 Å². The fourth-order valence-corrected chi connectivity index (χ4v) is 6.28. The molecule has 0 aliphatic rings. The molecule has 2 aromatic carbocycles. The number of hydrogen-bond donors (Lipinski definition) is 1. The lowest BCUT2D eigenvalue weighted by molar-refractivity contribution is 0.171. The zero-order valence-corrected chi connectivity index (χ0v) is 15.8. The molecule has 2 atom stereocenters. The Balaban J connectivity index is 2.66. The molecule has 0 amide bonds. The van der Waals surface area contributed by atoms with Crippen LogP contribution in [-0.4, -0.2) is 44.1 Å². The Bertz CT molecular complexity index is 653. The number of aliphatic hydroxyl groups is 1. The van der Waals surface area contributed by atoms with E-state index >= 15 is 0 Å². The summed E-state index contributed by atoms with van der Waals surface area (Å²) in [6.45, 7) is 4.28. The summed E-state index contributed by atoms with van der Waals surface area (Å²) in [5.74, 6) is 1.06. The molecule has 5 heteroatoms. The SMILES string of the molecule is [B-][P+](c1ccccc1)(c1ccccc1OC)N(C)C(CO)C(C)C. The molecule has 2 rings (SSSR count). The average molecular weight is 342 g/mol. The smallest absolute Gasteiger partial charge is 0.158 e. The molecule has 0 aliphatic carbocycles. The Morgan fingerprint density at radius 3 is 2.21 bits per heavy atom. The van der Waals surface area contributed by atoms with Crippen LogP contribution in [0.3, 0.4) is 0 Å². The third kappa shape index (κ3) is 3.51. The summed E-state index contributed by atoms with van der Waals surface area (Å²) in [6.07, 6.45) is 0. The van der Waals surface area contributed by atoms with Crippen molar-refractivity contribution in [2.45, 2.75) is 19.9 Å². The maximum Gasteiger partial charge on any atom is 0.158 e. The molecule has 0 aromatic heterocycles. The summed E-state index contributed by atoms with van der Waals surface area (Å²) in [7, 11) is 8.40. The first-order valence-electron chi connectivity index (χ1n) is 8.17. The number of aliphatic hydroxyl groups excluding tert-OH is 1. The van der Waals surface area contributed by atoms with Gasteiger partial charge in [0.2, 0.25) is 0 Å². The van der Waals surface area contributed by atoms with Crippen LogP contribution in [0.1, 0.15) is 13.8 Å². The van der Waals surface area contributed by atoms with Crippen LogP contribution in [0.5, 0.6) is 5.75 Å². The van der Waals surface area contributed by atoms with Crippen molar-refractivity contribution in [3.05, 3.63) is 54.6 Å². The lowest BCUT2D eigenvalue weighted by atomic mass is 10.1. The highest BCUT2D eigenvalue weighted by Gasteiger charge is 2.37. The van der Waals surface area contributed by atoms with Gasteiger partial charge in [0.05, 0.1) is 25.1 Å². The van der Waals surface area contributed by atoms with Gasteiger partial charge < -0.3 is 9.84 Å². The molecular formula is C19H26BNO2P. The number of nitrogens with zero attached hydrogens (tertiary/aromatic N) is 1. The molecule has 0 aliphatic heterocycles. The second kappa shape index (κ2) is 8.16. The molecule has 0 saturated heterocycles. The van der Waals surface area contributed by atoms with Gasteiger partial charge >= 0.3 is 0 Å². The molecule has 24 heavy (non-hydrogen) atoms. The zero-order valence-electron chi connectivity index (χ0n) is 14.9. The Hall–Kier alpha value is -1.35. The topological polar surface area (TPSA) is 32.7 Å². The quantitative estimate of drug-likeness (QED) is 0.620. The highest BCUT2D eigenvalue weighted by atomic mass is 31.2. The number of ether oxygens (including phenoxy) is 1. The lowest BCUT2D eigenvalue weighted by Crippen LogP contribution is -2.45. The van der Waals surface area contributed by atoms with Gasteiger partial charge in [-0.1, -0.05) is 44.2 Å². The normalized spacial score (nSPS) is 15.3. The van der Waals surface area contributed by atoms with E-state index in [1.807, 2.05) is 49.5 Å². The van der Waals surface area contributed by atoms with Crippen molar-refractivity contribution in [1.29, 1.82) is 0 Å². The van der Waals surface area contributed by atoms with Gasteiger partial charge in [0, 0.05) is 7.05 Å². The van der Waals surface area contributed by atoms with Gasteiger partial charge in [-0.3, -0.25) is 7.57 Å². The standard InChI is InChI=1S/C19H26BNO2P/c1-15(2)17(14-22)21(3)24(20,16-10-6-5-7-11-16)19-13-9-8-12-18(19)23-4/h5-13,15,17,22H,14H2,1-4H3. The van der Waals surface area contributed by atoms with Crippen molar-refractivity contribution in [3.8, 4) is 5.75 Å². The number of rotatable bonds is 7. The fraction of sp³-hybridized carbons (Fsp3) is 0.368. The largest absolute Gasteiger partial charge is 0.493 e. The summed E-state index contributed by atoms with van der Waals surface area (Å²) in [4.78, 5) is 0. The van der Waals surface area contributed by atoms with E-state index in [0.717, 1.165) is 16.4 Å². The summed E-state index contributed by atoms with van der Waals surface area (Å²) in [5.41, 5.74) is 0. The molecule has 3 nitrogen and oxygen atoms in total. The molecule has 0 bridgehead atoms. The van der Waals surface area contributed by atoms with E-state index < -0.39 is 7.29 Å². The van der Waals surface area contributed by atoms with E-state index in [2.05, 4.69) is 30.7 Å². The van der Waals surface area contributed by atoms with Crippen LogP contribution in [-0.2, 0) is 0 Å². The first kappa shape index (κ1) is 19.0. The van der Waals surface area contributed by atoms with Gasteiger partial charge in [0.15, 0.2) is 5.75 Å². The van der Waals surface area contributed by atoms with Crippen LogP contribution in [0.2, 0.25) is 0 Å². The first-order valence-corrected chi connectivity index (χ1v) is 9.98. The molecule has 2 aromatic rings. The molecule has 0 heterocycles. The van der Waals surface area contributed by atoms with Crippen LogP contribution >= 0.6 is 7.29 Å². The zero-order chi connectivity index (χ0) is 17.7. The second-order valence-electron chi connectivity index (χ2n) is 6.26. The van der Waals surface area contributed by atoms with E-state index in [-0.39, 0.29) is 18.6 Å². The van der Waals surface area contributed by atoms with Crippen molar-refractivity contribution in [3.63, 3.8) is 0 Å². The van der Waals surface area contributed by atoms with Crippen LogP contribution < -0.4 is 15.3 Å². The Kier molecular flexibility index (Phi) is 6.45. The highest BCUT2D eigenvalue weighted by molar-refractivity contribution is 8.06. The Labute approximate surface area is 147 Å². The third-order valence-corrected chi connectivity index (χ3v) is 8.02. The minimum absolute atomic E-state index is 0.0338. The van der Waals surface area contributed by atoms with Gasteiger partial charge in [0.1, 0.15) is 5.30 Å². The predicted molar refractivity (Wildman–Crippen MR) is 105 cm³/mol. The van der Waals surface area contributed by atoms with E-state index in [9.17, 15) is 5.11 Å². The van der Waals surface area contributed by atoms with Crippen molar-refractivity contribution >= 4 is 25.5 Å². The van der Waals surface area contributed by atoms with E-state index in [0.29, 0.717) is 0 Å². The number of likely N-dealkylation sites (N-methyl/N-ethyl adjacent to an activating group) is 1. The number of para-hydroxylation sites is 1. The molecule has 1 N–H and O–H groups in total. The monoisotopic (exact) mass is 342 g/mol. The van der Waals surface area contributed by atoms with E-state index in [1.165, 1.54) is 0 Å². The van der Waals surface area contributed by atoms with Crippen molar-refractivity contribution in [2.75, 3.05) is 20.8 Å². The molecule has 127 valence electrons. The number of hydrogen-bond acceptors (Lipinski definition) is 3. The lowest BCUT2D eigenvalue weighted by Gasteiger charge is -2.48. The minimum Gasteiger partial charge on any atom is -0.493 e. The summed E-state index contributed by atoms with van der Waals surface area (Å²) >= 11 is 0. The molecule has 0 saturated carbocycles. The fourth-order valence-electron chi connectivity index (χ4n) is 3.05. The maximum absolute atomic E-state index is 9.94. The molecule has 2 unspecified atom stereocenters. The molecular weight excluding hydrogens is 316 g/mol. The summed E-state index contributed by atoms with van der Waals surface area (Å²) in [5, 5.41) is 12.0. The van der Waals surface area contributed by atoms with Gasteiger partial charge in [-0.2, -0.15) is 0 Å². The van der Waals surface area contributed by atoms with Gasteiger partial charge in [0.25, 0.3) is 0 Å². The highest BCUT2D eigenvalue weighted by Crippen LogP contribution is 2.57. The molecule has 0 spiro atoms. The van der Waals surface area contributed by atoms with Crippen molar-refractivity contribution in [1.82, 2.24) is 4.67 Å². The number of methoxy groups -OCH3 is 1. The Morgan fingerprint density at radius 1 is 1.08 bits per heavy atom. The van der Waals surface area contributed by atoms with Gasteiger partial charge in [-0.05, 0) is 30.2 Å². The second-order valence-corrected chi connectivity index (χ2v) is 9.26. The maximum atomic E-state index is 9.94. The third-order valence-electron chi connectivity index (χ3n) is 4.54. The summed E-state index contributed by atoms with van der Waals surface area (Å²) in [6, 6.07) is 18.0. The predicted octanol–water partition coefficient (Wildman–Crippen LogP) is 2.61. The number of benzene rings is 2. The van der Waals surface area contributed by atoms with Gasteiger partial charge in [-0.25, -0.2) is 4.67 Å². The van der Waals surface area contributed by atoms with Crippen LogP contribution in [0.25, 0.3) is 0 Å². The van der Waals surface area contributed by atoms with Gasteiger partial charge in [-0.15, -0.1) is 7.29 Å². The van der Waals surface area contributed by atoms with Crippen LogP contribution in [0.15, 0.2) is 54.6 Å². The molecule has 0 fully saturated rings. The van der Waals surface area contributed by atoms with Crippen LogP contribution in [0.4, 0.5) is 0 Å². The van der Waals surface area contributed by atoms with Crippen molar-refractivity contribution < 1.29 is 9.84 Å². The van der Waals surface area contributed by atoms with E-state index in [4.69, 9.17) is 12.3 Å². The van der Waals surface area contributed by atoms with E-state index in [1.54, 1.807) is 7.11 Å².